The van der Waals surface area contributed by atoms with Crippen LogP contribution in [0.3, 0.4) is 0 Å². The SMILES string of the molecule is CC(C)C[C@H](NC(=O)[C@H](CCC(=O)O)NC(=O)[C@H](CO)NC(=O)[C@@H](NC(=O)CNC(=O)[C@H](CO)NC(=O)[C@H](CO)NC(=O)[C@H](CCC(=O)O)NC(=O)[C@@H](N)CO)[C@@H](C)O)C(=O)N[C@@H](CC(C)C)C(=O)N[C@H](C(=O)N[C@@H](CCCN=C(N)N)C(=O)O)[C@@H](C)O. The lowest BCUT2D eigenvalue weighted by Crippen LogP contribution is -2.62. The summed E-state index contributed by atoms with van der Waals surface area (Å²) in [5.74, 6) is -18.3. The highest BCUT2D eigenvalue weighted by atomic mass is 16.4. The van der Waals surface area contributed by atoms with Gasteiger partial charge >= 0.3 is 17.9 Å². The molecule has 0 saturated carbocycles. The molecule has 88 heavy (non-hydrogen) atoms. The van der Waals surface area contributed by atoms with Gasteiger partial charge in [0.15, 0.2) is 5.96 Å². The molecule has 500 valence electrons. The maximum Gasteiger partial charge on any atom is 0.326 e. The van der Waals surface area contributed by atoms with Gasteiger partial charge in [-0.15, -0.1) is 0 Å². The van der Waals surface area contributed by atoms with E-state index in [1.807, 2.05) is 21.3 Å². The van der Waals surface area contributed by atoms with Gasteiger partial charge in [0, 0.05) is 19.4 Å². The summed E-state index contributed by atoms with van der Waals surface area (Å²) in [6.45, 7) is 3.35. The Labute approximate surface area is 504 Å². The normalized spacial score (nSPS) is 15.5. The van der Waals surface area contributed by atoms with Crippen molar-refractivity contribution in [2.75, 3.05) is 39.5 Å². The van der Waals surface area contributed by atoms with Gasteiger partial charge in [0.2, 0.25) is 65.0 Å². The van der Waals surface area contributed by atoms with Gasteiger partial charge in [-0.05, 0) is 64.2 Å². The molecule has 11 amide bonds. The highest BCUT2D eigenvalue weighted by Crippen LogP contribution is 2.12. The van der Waals surface area contributed by atoms with Crippen molar-refractivity contribution in [2.45, 2.75) is 172 Å². The molecule has 13 atom stereocenters. The first-order valence-electron chi connectivity index (χ1n) is 27.6. The Bertz CT molecular complexity index is 2430. The molecule has 0 aromatic rings. The average Bonchev–Trinajstić information content (AvgIpc) is 3.44. The number of aliphatic hydroxyl groups excluding tert-OH is 6. The van der Waals surface area contributed by atoms with Crippen molar-refractivity contribution in [3.63, 3.8) is 0 Å². The third-order valence-electron chi connectivity index (χ3n) is 12.3. The number of guanidine groups is 1. The van der Waals surface area contributed by atoms with Crippen LogP contribution in [-0.2, 0) is 67.1 Å². The van der Waals surface area contributed by atoms with Gasteiger partial charge in [-0.2, -0.15) is 0 Å². The first-order valence-corrected chi connectivity index (χ1v) is 27.6. The van der Waals surface area contributed by atoms with Crippen LogP contribution in [0.25, 0.3) is 0 Å². The number of hydrogen-bond donors (Lipinski definition) is 23. The molecular weight excluding hydrogens is 1180 g/mol. The van der Waals surface area contributed by atoms with Crippen LogP contribution in [0, 0.1) is 11.8 Å². The number of carboxylic acid groups (broad SMARTS) is 3. The van der Waals surface area contributed by atoms with Crippen molar-refractivity contribution in [3.8, 4) is 0 Å². The molecule has 0 fully saturated rings. The summed E-state index contributed by atoms with van der Waals surface area (Å²) in [6, 6.07) is -19.0. The molecular formula is C50H87N15O23. The molecule has 0 aliphatic heterocycles. The summed E-state index contributed by atoms with van der Waals surface area (Å²) in [6.07, 6.45) is -6.34. The summed E-state index contributed by atoms with van der Waals surface area (Å²) in [7, 11) is 0. The topological polar surface area (TPSA) is 644 Å². The van der Waals surface area contributed by atoms with Crippen molar-refractivity contribution in [3.05, 3.63) is 0 Å². The number of amides is 11. The number of hydrogen-bond acceptors (Lipinski definition) is 22. The standard InChI is InChI=1S/C50H87N15O23/c1-21(2)14-29(43(81)60-30(15-22(3)4)44(82)65-38(24(6)71)48(86)58-28(49(87)88)8-7-13-54-50(52)53)59-41(79)27(10-12-36(75)76)57-45(83)33(20-69)63-47(85)37(23(5)70)64-34(72)16-55-40(78)31(18-67)61-46(84)32(19-68)62-42(80)26(9-11-35(73)74)56-39(77)25(51)17-66/h21-33,37-38,66-71H,7-20,51H2,1-6H3,(H,55,78)(H,56,77)(H,57,83)(H,58,86)(H,59,79)(H,60,81)(H,61,84)(H,62,80)(H,63,85)(H,64,72)(H,65,82)(H,73,74)(H,75,76)(H,87,88)(H4,52,53,54)/t23-,24-,25+,26+,27+,28+,29+,30+,31+,32+,33+,37+,38+/m1/s1. The molecule has 0 aliphatic rings. The number of carbonyl (C=O) groups excluding carboxylic acids is 11. The summed E-state index contributed by atoms with van der Waals surface area (Å²) in [5, 5.41) is 112. The van der Waals surface area contributed by atoms with Crippen LogP contribution in [0.1, 0.15) is 92.9 Å². The summed E-state index contributed by atoms with van der Waals surface area (Å²) in [5.41, 5.74) is 16.0. The van der Waals surface area contributed by atoms with E-state index >= 15 is 0 Å². The minimum atomic E-state index is -2.01. The smallest absolute Gasteiger partial charge is 0.326 e. The first-order chi connectivity index (χ1) is 41.0. The molecule has 0 aromatic heterocycles. The number of aliphatic hydroxyl groups is 6. The van der Waals surface area contributed by atoms with E-state index in [0.717, 1.165) is 13.8 Å². The van der Waals surface area contributed by atoms with Gasteiger partial charge in [0.25, 0.3) is 0 Å². The van der Waals surface area contributed by atoms with E-state index in [2.05, 4.69) is 42.2 Å². The molecule has 0 rings (SSSR count). The van der Waals surface area contributed by atoms with Crippen LogP contribution in [0.2, 0.25) is 0 Å². The fraction of sp³-hybridized carbons (Fsp3) is 0.700. The summed E-state index contributed by atoms with van der Waals surface area (Å²) >= 11 is 0. The van der Waals surface area contributed by atoms with E-state index in [1.165, 1.54) is 0 Å². The van der Waals surface area contributed by atoms with Gasteiger partial charge in [-0.25, -0.2) is 4.79 Å². The highest BCUT2D eigenvalue weighted by molar-refractivity contribution is 5.99. The largest absolute Gasteiger partial charge is 0.481 e. The Morgan fingerprint density at radius 2 is 0.750 bits per heavy atom. The molecule has 26 N–H and O–H groups in total. The summed E-state index contributed by atoms with van der Waals surface area (Å²) < 4.78 is 0. The highest BCUT2D eigenvalue weighted by Gasteiger charge is 2.37. The number of aliphatic imine (C=N–C) groups is 1. The zero-order chi connectivity index (χ0) is 67.7. The zero-order valence-electron chi connectivity index (χ0n) is 49.5. The molecule has 38 heteroatoms. The van der Waals surface area contributed by atoms with Gasteiger partial charge in [-0.3, -0.25) is 67.3 Å². The average molecular weight is 1270 g/mol. The van der Waals surface area contributed by atoms with Crippen LogP contribution in [0.5, 0.6) is 0 Å². The van der Waals surface area contributed by atoms with E-state index in [-0.39, 0.29) is 50.0 Å². The van der Waals surface area contributed by atoms with Crippen LogP contribution >= 0.6 is 0 Å². The molecule has 0 bridgehead atoms. The van der Waals surface area contributed by atoms with Crippen molar-refractivity contribution in [1.82, 2.24) is 58.5 Å². The maximum atomic E-state index is 14.0. The second-order valence-corrected chi connectivity index (χ2v) is 21.0. The van der Waals surface area contributed by atoms with Gasteiger partial charge < -0.3 is 122 Å². The van der Waals surface area contributed by atoms with E-state index < -0.39 is 220 Å². The number of nitrogens with two attached hydrogens (primary N) is 3. The van der Waals surface area contributed by atoms with Gasteiger partial charge in [0.1, 0.15) is 66.5 Å². The molecule has 0 radical (unpaired) electrons. The Balaban J connectivity index is 6.26. The molecule has 0 aliphatic carbocycles. The second kappa shape index (κ2) is 40.9. The molecule has 0 unspecified atom stereocenters. The minimum Gasteiger partial charge on any atom is -0.481 e. The number of nitrogens with zero attached hydrogens (tertiary/aromatic N) is 1. The van der Waals surface area contributed by atoms with Crippen LogP contribution < -0.4 is 75.7 Å². The zero-order valence-corrected chi connectivity index (χ0v) is 49.5. The maximum absolute atomic E-state index is 14.0. The van der Waals surface area contributed by atoms with Crippen molar-refractivity contribution >= 4 is 88.8 Å². The van der Waals surface area contributed by atoms with Crippen molar-refractivity contribution in [1.29, 1.82) is 0 Å². The first kappa shape index (κ1) is 79.6. The lowest BCUT2D eigenvalue weighted by molar-refractivity contribution is -0.143. The summed E-state index contributed by atoms with van der Waals surface area (Å²) in [4.78, 5) is 185. The van der Waals surface area contributed by atoms with Gasteiger partial charge in [-0.1, -0.05) is 27.7 Å². The Hall–Kier alpha value is -8.43. The number of aliphatic carboxylic acids is 3. The number of carboxylic acids is 3. The quantitative estimate of drug-likeness (QED) is 0.0153. The van der Waals surface area contributed by atoms with Gasteiger partial charge in [0.05, 0.1) is 45.2 Å². The Kier molecular flexibility index (Phi) is 36.9. The second-order valence-electron chi connectivity index (χ2n) is 21.0. The fourth-order valence-corrected chi connectivity index (χ4v) is 7.65. The molecule has 0 spiro atoms. The van der Waals surface area contributed by atoms with E-state index in [4.69, 9.17) is 27.4 Å². The predicted octanol–water partition coefficient (Wildman–Crippen LogP) is -11.0. The molecule has 0 saturated heterocycles. The Morgan fingerprint density at radius 3 is 1.12 bits per heavy atom. The molecule has 0 aromatic carbocycles. The lowest BCUT2D eigenvalue weighted by atomic mass is 9.99. The van der Waals surface area contributed by atoms with E-state index in [9.17, 15) is 103 Å². The third kappa shape index (κ3) is 30.8. The van der Waals surface area contributed by atoms with E-state index in [0.29, 0.717) is 0 Å². The Morgan fingerprint density at radius 1 is 0.409 bits per heavy atom. The van der Waals surface area contributed by atoms with Crippen molar-refractivity contribution < 1.29 is 113 Å². The lowest BCUT2D eigenvalue weighted by Gasteiger charge is -2.29. The minimum absolute atomic E-state index is 0.0262. The number of nitrogens with one attached hydrogen (secondary N) is 11. The third-order valence-corrected chi connectivity index (χ3v) is 12.3. The van der Waals surface area contributed by atoms with Crippen molar-refractivity contribution in [2.24, 2.45) is 34.0 Å². The molecule has 0 heterocycles. The monoisotopic (exact) mass is 1270 g/mol. The number of rotatable bonds is 43. The molecule has 38 nitrogen and oxygen atoms in total. The van der Waals surface area contributed by atoms with Crippen LogP contribution in [-0.4, -0.2) is 253 Å². The number of carbonyl (C=O) groups is 14. The van der Waals surface area contributed by atoms with Crippen LogP contribution in [0.4, 0.5) is 0 Å². The van der Waals surface area contributed by atoms with Crippen LogP contribution in [0.15, 0.2) is 4.99 Å². The fourth-order valence-electron chi connectivity index (χ4n) is 7.65. The predicted molar refractivity (Wildman–Crippen MR) is 302 cm³/mol. The van der Waals surface area contributed by atoms with E-state index in [1.54, 1.807) is 27.7 Å².